The van der Waals surface area contributed by atoms with E-state index in [2.05, 4.69) is 10.3 Å². The number of carbonyl (C=O) groups is 2. The largest absolute Gasteiger partial charge is 0.487 e. The summed E-state index contributed by atoms with van der Waals surface area (Å²) in [5.74, 6) is -4.46. The highest BCUT2D eigenvalue weighted by atomic mass is 35.5. The zero-order valence-electron chi connectivity index (χ0n) is 13.3. The predicted octanol–water partition coefficient (Wildman–Crippen LogP) is 3.21. The molecule has 0 aliphatic carbocycles. The van der Waals surface area contributed by atoms with Gasteiger partial charge in [0, 0.05) is 13.1 Å². The topological polar surface area (TPSA) is 80.3 Å². The molecule has 2 amide bonds. The first kappa shape index (κ1) is 18.4. The van der Waals surface area contributed by atoms with Crippen molar-refractivity contribution in [1.82, 2.24) is 10.3 Å². The van der Waals surface area contributed by atoms with Crippen LogP contribution in [0.3, 0.4) is 0 Å². The predicted molar refractivity (Wildman–Crippen MR) is 92.5 cm³/mol. The van der Waals surface area contributed by atoms with Gasteiger partial charge in [0.05, 0.1) is 10.7 Å². The third-order valence-electron chi connectivity index (χ3n) is 3.35. The van der Waals surface area contributed by atoms with Crippen molar-refractivity contribution in [1.29, 1.82) is 0 Å². The van der Waals surface area contributed by atoms with E-state index in [0.29, 0.717) is 5.02 Å². The third-order valence-corrected chi connectivity index (χ3v) is 4.64. The number of nitrogens with one attached hydrogen (secondary N) is 2. The summed E-state index contributed by atoms with van der Waals surface area (Å²) < 4.78 is 33.6. The lowest BCUT2D eigenvalue weighted by molar-refractivity contribution is -0.118. The lowest BCUT2D eigenvalue weighted by Crippen LogP contribution is -2.30. The van der Waals surface area contributed by atoms with Crippen LogP contribution in [0.5, 0.6) is 5.75 Å². The van der Waals surface area contributed by atoms with Gasteiger partial charge in [-0.05, 0) is 18.2 Å². The minimum absolute atomic E-state index is 0.0228. The molecule has 0 fully saturated rings. The van der Waals surface area contributed by atoms with E-state index in [9.17, 15) is 18.4 Å². The fourth-order valence-electron chi connectivity index (χ4n) is 2.28. The minimum atomic E-state index is -1.18. The first-order valence-corrected chi connectivity index (χ1v) is 8.62. The molecule has 0 spiro atoms. The fraction of sp³-hybridized carbons (Fsp3) is 0.188. The molecule has 2 heterocycles. The number of nitrogens with zero attached hydrogens (tertiary/aromatic N) is 1. The molecule has 3 rings (SSSR count). The molecule has 10 heteroatoms. The van der Waals surface area contributed by atoms with Gasteiger partial charge in [-0.3, -0.25) is 14.9 Å². The fourth-order valence-corrected chi connectivity index (χ4v) is 3.39. The molecule has 1 aliphatic heterocycles. The average Bonchev–Trinajstić information content (AvgIpc) is 2.95. The first-order valence-electron chi connectivity index (χ1n) is 7.36. The number of benzene rings is 1. The number of fused-ring (bicyclic) bond motifs is 1. The van der Waals surface area contributed by atoms with Gasteiger partial charge < -0.3 is 10.1 Å². The number of hydrogen-bond donors (Lipinski definition) is 2. The lowest BCUT2D eigenvalue weighted by atomic mass is 10.1. The van der Waals surface area contributed by atoms with Gasteiger partial charge >= 0.3 is 0 Å². The lowest BCUT2D eigenvalue weighted by Gasteiger charge is -2.14. The number of amides is 2. The summed E-state index contributed by atoms with van der Waals surface area (Å²) in [5.41, 5.74) is -0.140. The maximum atomic E-state index is 14.4. The summed E-state index contributed by atoms with van der Waals surface area (Å²) >= 11 is 7.24. The second-order valence-electron chi connectivity index (χ2n) is 5.31. The van der Waals surface area contributed by atoms with Gasteiger partial charge in [-0.2, -0.15) is 0 Å². The Morgan fingerprint density at radius 3 is 2.92 bits per heavy atom. The molecule has 1 atom stereocenters. The highest BCUT2D eigenvalue weighted by molar-refractivity contribution is 8.00. The van der Waals surface area contributed by atoms with E-state index in [-0.39, 0.29) is 17.7 Å². The zero-order chi connectivity index (χ0) is 18.8. The molecular weight excluding hydrogens is 388 g/mol. The van der Waals surface area contributed by atoms with Crippen LogP contribution in [-0.2, 0) is 4.79 Å². The van der Waals surface area contributed by atoms with Crippen LogP contribution in [0, 0.1) is 11.6 Å². The summed E-state index contributed by atoms with van der Waals surface area (Å²) in [6, 6.07) is 3.69. The molecular formula is C16H12ClF2N3O3S. The molecule has 0 bridgehead atoms. The molecule has 0 radical (unpaired) electrons. The van der Waals surface area contributed by atoms with E-state index in [4.69, 9.17) is 16.3 Å². The number of pyridine rings is 1. The SMILES string of the molecule is CC(=O)NC(=O)c1c(F)ccc(OCC2Nc3cc(Cl)cnc3S2)c1F. The number of anilines is 1. The van der Waals surface area contributed by atoms with E-state index < -0.39 is 29.0 Å². The van der Waals surface area contributed by atoms with Crippen molar-refractivity contribution < 1.29 is 23.1 Å². The van der Waals surface area contributed by atoms with E-state index in [1.807, 2.05) is 5.32 Å². The third kappa shape index (κ3) is 3.88. The Hall–Kier alpha value is -2.39. The number of imide groups is 1. The highest BCUT2D eigenvalue weighted by Gasteiger charge is 2.26. The van der Waals surface area contributed by atoms with Gasteiger partial charge in [-0.25, -0.2) is 13.8 Å². The van der Waals surface area contributed by atoms with Crippen molar-refractivity contribution in [2.24, 2.45) is 0 Å². The molecule has 1 unspecified atom stereocenters. The quantitative estimate of drug-likeness (QED) is 0.821. The van der Waals surface area contributed by atoms with Crippen molar-refractivity contribution >= 4 is 40.9 Å². The van der Waals surface area contributed by atoms with E-state index in [0.717, 1.165) is 29.8 Å². The molecule has 0 saturated carbocycles. The summed E-state index contributed by atoms with van der Waals surface area (Å²) in [6.07, 6.45) is 1.51. The zero-order valence-corrected chi connectivity index (χ0v) is 14.9. The van der Waals surface area contributed by atoms with Gasteiger partial charge in [0.25, 0.3) is 5.91 Å². The van der Waals surface area contributed by atoms with Crippen LogP contribution in [0.4, 0.5) is 14.5 Å². The van der Waals surface area contributed by atoms with Crippen LogP contribution >= 0.6 is 23.4 Å². The summed E-state index contributed by atoms with van der Waals surface area (Å²) in [4.78, 5) is 26.9. The number of aromatic nitrogens is 1. The Morgan fingerprint density at radius 1 is 1.42 bits per heavy atom. The molecule has 6 nitrogen and oxygen atoms in total. The molecule has 26 heavy (non-hydrogen) atoms. The molecule has 2 N–H and O–H groups in total. The highest BCUT2D eigenvalue weighted by Crippen LogP contribution is 2.38. The maximum absolute atomic E-state index is 14.4. The Kier molecular flexibility index (Phi) is 5.28. The van der Waals surface area contributed by atoms with Crippen LogP contribution in [0.15, 0.2) is 29.4 Å². The van der Waals surface area contributed by atoms with Crippen molar-refractivity contribution in [3.05, 3.63) is 46.6 Å². The van der Waals surface area contributed by atoms with Gasteiger partial charge in [-0.15, -0.1) is 0 Å². The van der Waals surface area contributed by atoms with Crippen LogP contribution in [0.2, 0.25) is 5.02 Å². The number of thioether (sulfide) groups is 1. The van der Waals surface area contributed by atoms with Crippen LogP contribution < -0.4 is 15.4 Å². The van der Waals surface area contributed by atoms with Crippen molar-refractivity contribution in [3.63, 3.8) is 0 Å². The van der Waals surface area contributed by atoms with Crippen molar-refractivity contribution in [2.75, 3.05) is 11.9 Å². The van der Waals surface area contributed by atoms with E-state index >= 15 is 0 Å². The number of hydrogen-bond acceptors (Lipinski definition) is 6. The van der Waals surface area contributed by atoms with Crippen LogP contribution in [-0.4, -0.2) is 28.8 Å². The normalized spacial score (nSPS) is 15.2. The molecule has 136 valence electrons. The summed E-state index contributed by atoms with van der Waals surface area (Å²) in [6.45, 7) is 1.09. The number of carbonyl (C=O) groups excluding carboxylic acids is 2. The Labute approximate surface area is 156 Å². The smallest absolute Gasteiger partial charge is 0.263 e. The van der Waals surface area contributed by atoms with Crippen molar-refractivity contribution in [3.8, 4) is 5.75 Å². The second-order valence-corrected chi connectivity index (χ2v) is 6.94. The van der Waals surface area contributed by atoms with Crippen molar-refractivity contribution in [2.45, 2.75) is 17.3 Å². The Morgan fingerprint density at radius 2 is 2.19 bits per heavy atom. The molecule has 1 aromatic carbocycles. The van der Waals surface area contributed by atoms with Gasteiger partial charge in [0.1, 0.15) is 28.4 Å². The van der Waals surface area contributed by atoms with Crippen LogP contribution in [0.1, 0.15) is 17.3 Å². The summed E-state index contributed by atoms with van der Waals surface area (Å²) in [7, 11) is 0. The molecule has 2 aromatic rings. The van der Waals surface area contributed by atoms with Gasteiger partial charge in [0.2, 0.25) is 5.91 Å². The molecule has 1 aliphatic rings. The number of rotatable bonds is 4. The van der Waals surface area contributed by atoms with E-state index in [1.54, 1.807) is 6.07 Å². The monoisotopic (exact) mass is 399 g/mol. The molecule has 1 aromatic heterocycles. The number of halogens is 3. The van der Waals surface area contributed by atoms with Gasteiger partial charge in [-0.1, -0.05) is 23.4 Å². The van der Waals surface area contributed by atoms with E-state index in [1.165, 1.54) is 18.0 Å². The van der Waals surface area contributed by atoms with Gasteiger partial charge in [0.15, 0.2) is 11.6 Å². The standard InChI is InChI=1S/C16H12ClF2N3O3S/c1-7(23)21-15(24)13-9(18)2-3-11(14(13)19)25-6-12-22-10-4-8(17)5-20-16(10)26-12/h2-5,12,22H,6H2,1H3,(H,21,23,24). The maximum Gasteiger partial charge on any atom is 0.263 e. The molecule has 0 saturated heterocycles. The average molecular weight is 400 g/mol. The second kappa shape index (κ2) is 7.46. The Bertz CT molecular complexity index is 897. The summed E-state index contributed by atoms with van der Waals surface area (Å²) in [5, 5.41) is 5.88. The Balaban J connectivity index is 1.71. The first-order chi connectivity index (χ1) is 12.3. The minimum Gasteiger partial charge on any atom is -0.487 e. The number of ether oxygens (including phenoxy) is 1. The van der Waals surface area contributed by atoms with Crippen LogP contribution in [0.25, 0.3) is 0 Å².